The number of hydrogen-bond donors (Lipinski definition) is 1. The highest BCUT2D eigenvalue weighted by molar-refractivity contribution is 7.84. The van der Waals surface area contributed by atoms with Gasteiger partial charge in [0.2, 0.25) is 5.91 Å². The van der Waals surface area contributed by atoms with Crippen LogP contribution in [0.3, 0.4) is 0 Å². The number of anilines is 1. The van der Waals surface area contributed by atoms with Crippen molar-refractivity contribution in [2.75, 3.05) is 57.2 Å². The van der Waals surface area contributed by atoms with Crippen LogP contribution in [-0.4, -0.2) is 71.8 Å². The van der Waals surface area contributed by atoms with Gasteiger partial charge in [0, 0.05) is 61.2 Å². The second-order valence-electron chi connectivity index (χ2n) is 7.19. The molecular formula is C22H29N3O3S. The molecule has 2 unspecified atom stereocenters. The van der Waals surface area contributed by atoms with E-state index in [1.165, 1.54) is 0 Å². The number of rotatable bonds is 8. The highest BCUT2D eigenvalue weighted by Crippen LogP contribution is 2.25. The monoisotopic (exact) mass is 415 g/mol. The van der Waals surface area contributed by atoms with Crippen molar-refractivity contribution in [2.45, 2.75) is 6.04 Å². The molecule has 7 heteroatoms. The highest BCUT2D eigenvalue weighted by atomic mass is 32.2. The number of piperazine rings is 1. The summed E-state index contributed by atoms with van der Waals surface area (Å²) in [4.78, 5) is 17.8. The third kappa shape index (κ3) is 6.13. The number of carbonyl (C=O) groups is 1. The van der Waals surface area contributed by atoms with E-state index in [0.717, 1.165) is 49.7 Å². The summed E-state index contributed by atoms with van der Waals surface area (Å²) in [6, 6.07) is 16.9. The number of amides is 1. The maximum absolute atomic E-state index is 13.2. The van der Waals surface area contributed by atoms with E-state index in [-0.39, 0.29) is 11.9 Å². The van der Waals surface area contributed by atoms with Gasteiger partial charge in [-0.3, -0.25) is 18.8 Å². The summed E-state index contributed by atoms with van der Waals surface area (Å²) >= 11 is 0. The van der Waals surface area contributed by atoms with Crippen molar-refractivity contribution in [3.05, 3.63) is 60.2 Å². The largest absolute Gasteiger partial charge is 0.497 e. The molecule has 0 aliphatic carbocycles. The molecule has 1 fully saturated rings. The summed E-state index contributed by atoms with van der Waals surface area (Å²) in [5, 5.41) is 3.05. The standard InChI is InChI=1S/C22H29N3O3S/c1-28-20-10-8-19(9-11-20)23-22(26)21(18-6-4-3-5-7-18)25-14-12-24(13-15-25)16-17-29(2)27/h3-11,21H,12-17H2,1-2H3,(H,23,26). The predicted octanol–water partition coefficient (Wildman–Crippen LogP) is 2.37. The first-order valence-corrected chi connectivity index (χ1v) is 11.6. The molecule has 1 amide bonds. The maximum atomic E-state index is 13.2. The summed E-state index contributed by atoms with van der Waals surface area (Å²) in [7, 11) is 0.847. The van der Waals surface area contributed by atoms with Crippen LogP contribution in [0.15, 0.2) is 54.6 Å². The van der Waals surface area contributed by atoms with Crippen molar-refractivity contribution < 1.29 is 13.7 Å². The van der Waals surface area contributed by atoms with E-state index >= 15 is 0 Å². The van der Waals surface area contributed by atoms with E-state index < -0.39 is 10.8 Å². The fourth-order valence-corrected chi connectivity index (χ4v) is 4.07. The van der Waals surface area contributed by atoms with E-state index in [4.69, 9.17) is 4.74 Å². The van der Waals surface area contributed by atoms with E-state index in [1.807, 2.05) is 54.6 Å². The van der Waals surface area contributed by atoms with Gasteiger partial charge in [-0.1, -0.05) is 30.3 Å². The van der Waals surface area contributed by atoms with Crippen molar-refractivity contribution in [1.29, 1.82) is 0 Å². The molecule has 6 nitrogen and oxygen atoms in total. The van der Waals surface area contributed by atoms with Gasteiger partial charge in [-0.05, 0) is 29.8 Å². The number of methoxy groups -OCH3 is 1. The van der Waals surface area contributed by atoms with Crippen LogP contribution in [0.5, 0.6) is 5.75 Å². The lowest BCUT2D eigenvalue weighted by Crippen LogP contribution is -2.50. The molecule has 0 bridgehead atoms. The first kappa shape index (κ1) is 21.5. The predicted molar refractivity (Wildman–Crippen MR) is 118 cm³/mol. The SMILES string of the molecule is COc1ccc(NC(=O)C(c2ccccc2)N2CCN(CCS(C)=O)CC2)cc1. The Hall–Kier alpha value is -2.22. The van der Waals surface area contributed by atoms with Crippen molar-refractivity contribution in [3.8, 4) is 5.75 Å². The average molecular weight is 416 g/mol. The zero-order chi connectivity index (χ0) is 20.6. The summed E-state index contributed by atoms with van der Waals surface area (Å²) < 4.78 is 16.5. The van der Waals surface area contributed by atoms with Crippen molar-refractivity contribution >= 4 is 22.4 Å². The second kappa shape index (κ2) is 10.5. The van der Waals surface area contributed by atoms with Gasteiger partial charge >= 0.3 is 0 Å². The maximum Gasteiger partial charge on any atom is 0.246 e. The summed E-state index contributed by atoms with van der Waals surface area (Å²) in [6.45, 7) is 4.18. The van der Waals surface area contributed by atoms with Gasteiger partial charge < -0.3 is 10.1 Å². The quantitative estimate of drug-likeness (QED) is 0.717. The molecule has 2 atom stereocenters. The van der Waals surface area contributed by atoms with Crippen LogP contribution in [0.1, 0.15) is 11.6 Å². The fourth-order valence-electron chi connectivity index (χ4n) is 3.55. The minimum Gasteiger partial charge on any atom is -0.497 e. The van der Waals surface area contributed by atoms with E-state index in [0.29, 0.717) is 5.75 Å². The average Bonchev–Trinajstić information content (AvgIpc) is 2.74. The van der Waals surface area contributed by atoms with E-state index in [9.17, 15) is 9.00 Å². The zero-order valence-electron chi connectivity index (χ0n) is 17.0. The Kier molecular flexibility index (Phi) is 7.80. The molecule has 156 valence electrons. The van der Waals surface area contributed by atoms with Gasteiger partial charge in [-0.15, -0.1) is 0 Å². The molecule has 0 spiro atoms. The van der Waals surface area contributed by atoms with E-state index in [1.54, 1.807) is 13.4 Å². The summed E-state index contributed by atoms with van der Waals surface area (Å²) in [6.07, 6.45) is 1.74. The molecule has 1 N–H and O–H groups in total. The van der Waals surface area contributed by atoms with Crippen LogP contribution in [0.2, 0.25) is 0 Å². The molecule has 0 saturated carbocycles. The lowest BCUT2D eigenvalue weighted by molar-refractivity contribution is -0.122. The summed E-state index contributed by atoms with van der Waals surface area (Å²) in [5.74, 6) is 1.41. The van der Waals surface area contributed by atoms with Gasteiger partial charge in [0.25, 0.3) is 0 Å². The van der Waals surface area contributed by atoms with Crippen LogP contribution in [-0.2, 0) is 15.6 Å². The number of carbonyl (C=O) groups excluding carboxylic acids is 1. The zero-order valence-corrected chi connectivity index (χ0v) is 17.9. The Morgan fingerprint density at radius 1 is 1.07 bits per heavy atom. The summed E-state index contributed by atoms with van der Waals surface area (Å²) in [5.41, 5.74) is 1.74. The van der Waals surface area contributed by atoms with Crippen LogP contribution < -0.4 is 10.1 Å². The van der Waals surface area contributed by atoms with Gasteiger partial charge in [-0.25, -0.2) is 0 Å². The lowest BCUT2D eigenvalue weighted by atomic mass is 10.0. The Morgan fingerprint density at radius 3 is 2.31 bits per heavy atom. The molecule has 2 aromatic rings. The molecule has 1 saturated heterocycles. The molecule has 2 aromatic carbocycles. The number of nitrogens with one attached hydrogen (secondary N) is 1. The smallest absolute Gasteiger partial charge is 0.246 e. The minimum absolute atomic E-state index is 0.0375. The van der Waals surface area contributed by atoms with Gasteiger partial charge in [0.05, 0.1) is 7.11 Å². The van der Waals surface area contributed by atoms with Crippen LogP contribution in [0.25, 0.3) is 0 Å². The fraction of sp³-hybridized carbons (Fsp3) is 0.409. The Morgan fingerprint density at radius 2 is 1.72 bits per heavy atom. The number of hydrogen-bond acceptors (Lipinski definition) is 5. The van der Waals surface area contributed by atoms with Crippen molar-refractivity contribution in [1.82, 2.24) is 9.80 Å². The van der Waals surface area contributed by atoms with Gasteiger partial charge in [-0.2, -0.15) is 0 Å². The van der Waals surface area contributed by atoms with Crippen LogP contribution in [0.4, 0.5) is 5.69 Å². The Labute approximate surface area is 175 Å². The van der Waals surface area contributed by atoms with Gasteiger partial charge in [0.15, 0.2) is 0 Å². The Balaban J connectivity index is 1.70. The molecule has 0 radical (unpaired) electrons. The third-order valence-electron chi connectivity index (χ3n) is 5.19. The molecule has 1 aliphatic rings. The third-order valence-corrected chi connectivity index (χ3v) is 5.95. The topological polar surface area (TPSA) is 61.9 Å². The van der Waals surface area contributed by atoms with Crippen LogP contribution >= 0.6 is 0 Å². The normalized spacial score (nSPS) is 17.4. The van der Waals surface area contributed by atoms with Crippen molar-refractivity contribution in [2.24, 2.45) is 0 Å². The molecule has 0 aromatic heterocycles. The van der Waals surface area contributed by atoms with Crippen molar-refractivity contribution in [3.63, 3.8) is 0 Å². The first-order chi connectivity index (χ1) is 14.1. The number of ether oxygens (including phenoxy) is 1. The number of nitrogens with zero attached hydrogens (tertiary/aromatic N) is 2. The van der Waals surface area contributed by atoms with Crippen LogP contribution in [0, 0.1) is 0 Å². The van der Waals surface area contributed by atoms with E-state index in [2.05, 4.69) is 15.1 Å². The first-order valence-electron chi connectivity index (χ1n) is 9.83. The number of benzene rings is 2. The molecule has 3 rings (SSSR count). The molecule has 1 heterocycles. The molecule has 1 aliphatic heterocycles. The minimum atomic E-state index is -0.775. The van der Waals surface area contributed by atoms with Gasteiger partial charge in [0.1, 0.15) is 11.8 Å². The lowest BCUT2D eigenvalue weighted by Gasteiger charge is -2.38. The highest BCUT2D eigenvalue weighted by Gasteiger charge is 2.30. The molecule has 29 heavy (non-hydrogen) atoms. The molecular weight excluding hydrogens is 386 g/mol. The Bertz CT molecular complexity index is 806. The second-order valence-corrected chi connectivity index (χ2v) is 8.74.